The summed E-state index contributed by atoms with van der Waals surface area (Å²) in [6.45, 7) is 18.5. The molecule has 0 aliphatic rings. The van der Waals surface area contributed by atoms with Gasteiger partial charge in [0.2, 0.25) is 0 Å². The zero-order valence-corrected chi connectivity index (χ0v) is 26.1. The second kappa shape index (κ2) is 18.5. The Balaban J connectivity index is 0.000000686. The Hall–Kier alpha value is -3.73. The number of aryl methyl sites for hydroxylation is 1. The van der Waals surface area contributed by atoms with E-state index in [9.17, 15) is 4.79 Å². The molecule has 0 atom stereocenters. The molecular weight excluding hydrogens is 492 g/mol. The minimum absolute atomic E-state index is 0.0721. The van der Waals surface area contributed by atoms with Crippen LogP contribution in [0.1, 0.15) is 97.8 Å². The maximum absolute atomic E-state index is 11.5. The third kappa shape index (κ3) is 12.0. The van der Waals surface area contributed by atoms with Crippen molar-refractivity contribution in [1.82, 2.24) is 9.97 Å². The number of allylic oxidation sites excluding steroid dienone is 2. The van der Waals surface area contributed by atoms with E-state index in [1.54, 1.807) is 19.3 Å². The molecule has 0 aliphatic carbocycles. The number of ketones is 1. The standard InChI is InChI=1S/C25H26N4O.C6H14.C4H10/c1-16(19(4)30)13-21-5-6-22(14-17(21)2)25-27-12-11-24(29-25)28-23-9-7-20(8-10-23)18(3)15-26;1-4-6(3)5-2;1-3-4-2/h5-15H,26H2,1-4H3,(H,27,28,29);6H,4-5H2,1-3H3;3-4H2,1-2H3/b16-13+,18-15+;;. The summed E-state index contributed by atoms with van der Waals surface area (Å²) in [6.07, 6.45) is 10.5. The summed E-state index contributed by atoms with van der Waals surface area (Å²) >= 11 is 0. The molecule has 2 aromatic carbocycles. The van der Waals surface area contributed by atoms with E-state index < -0.39 is 0 Å². The van der Waals surface area contributed by atoms with E-state index in [0.29, 0.717) is 11.6 Å². The number of hydrogen-bond donors (Lipinski definition) is 2. The zero-order chi connectivity index (χ0) is 30.1. The SMILES string of the molecule is CC(=O)/C(C)=C/c1ccc(-c2nccc(Nc3ccc(/C(C)=C/N)cc3)n2)cc1C.CCC(C)CC.CCCC. The van der Waals surface area contributed by atoms with Crippen LogP contribution in [-0.2, 0) is 4.79 Å². The monoisotopic (exact) mass is 542 g/mol. The van der Waals surface area contributed by atoms with Crippen LogP contribution in [0.25, 0.3) is 23.0 Å². The first-order valence-electron chi connectivity index (χ1n) is 14.5. The summed E-state index contributed by atoms with van der Waals surface area (Å²) in [5, 5.41) is 3.31. The third-order valence-corrected chi connectivity index (χ3v) is 6.87. The number of rotatable bonds is 9. The van der Waals surface area contributed by atoms with Crippen LogP contribution in [0.5, 0.6) is 0 Å². The van der Waals surface area contributed by atoms with E-state index in [4.69, 9.17) is 5.73 Å². The maximum atomic E-state index is 11.5. The molecule has 3 aromatic rings. The number of anilines is 2. The molecule has 1 aromatic heterocycles. The van der Waals surface area contributed by atoms with Crippen molar-refractivity contribution in [3.8, 4) is 11.4 Å². The molecule has 0 unspecified atom stereocenters. The van der Waals surface area contributed by atoms with Crippen LogP contribution < -0.4 is 11.1 Å². The molecule has 0 aliphatic heterocycles. The fourth-order valence-corrected chi connectivity index (χ4v) is 3.23. The van der Waals surface area contributed by atoms with Crippen LogP contribution in [0.2, 0.25) is 0 Å². The van der Waals surface area contributed by atoms with Gasteiger partial charge in [-0.15, -0.1) is 0 Å². The molecule has 40 heavy (non-hydrogen) atoms. The minimum Gasteiger partial charge on any atom is -0.404 e. The van der Waals surface area contributed by atoms with Crippen molar-refractivity contribution in [1.29, 1.82) is 0 Å². The lowest BCUT2D eigenvalue weighted by atomic mass is 10.0. The molecule has 3 rings (SSSR count). The zero-order valence-electron chi connectivity index (χ0n) is 26.1. The number of nitrogens with zero attached hydrogens (tertiary/aromatic N) is 2. The number of nitrogens with two attached hydrogens (primary N) is 1. The lowest BCUT2D eigenvalue weighted by Crippen LogP contribution is -1.98. The van der Waals surface area contributed by atoms with Gasteiger partial charge in [0, 0.05) is 17.4 Å². The van der Waals surface area contributed by atoms with Crippen LogP contribution in [0.15, 0.2) is 66.5 Å². The molecule has 5 heteroatoms. The van der Waals surface area contributed by atoms with E-state index >= 15 is 0 Å². The van der Waals surface area contributed by atoms with E-state index in [2.05, 4.69) is 49.9 Å². The van der Waals surface area contributed by atoms with Crippen LogP contribution in [-0.4, -0.2) is 15.8 Å². The van der Waals surface area contributed by atoms with Crippen molar-refractivity contribution in [3.05, 3.63) is 83.2 Å². The number of benzene rings is 2. The summed E-state index contributed by atoms with van der Waals surface area (Å²) in [7, 11) is 0. The van der Waals surface area contributed by atoms with E-state index in [1.165, 1.54) is 25.7 Å². The van der Waals surface area contributed by atoms with Gasteiger partial charge < -0.3 is 11.1 Å². The largest absolute Gasteiger partial charge is 0.404 e. The normalized spacial score (nSPS) is 11.2. The summed E-state index contributed by atoms with van der Waals surface area (Å²) in [6, 6.07) is 15.9. The van der Waals surface area contributed by atoms with Gasteiger partial charge in [0.1, 0.15) is 5.82 Å². The molecule has 0 amide bonds. The van der Waals surface area contributed by atoms with Crippen LogP contribution in [0, 0.1) is 12.8 Å². The predicted octanol–water partition coefficient (Wildman–Crippen LogP) is 9.76. The van der Waals surface area contributed by atoms with Crippen molar-refractivity contribution < 1.29 is 4.79 Å². The quantitative estimate of drug-likeness (QED) is 0.263. The lowest BCUT2D eigenvalue weighted by Gasteiger charge is -2.09. The number of carbonyl (C=O) groups excluding carboxylic acids is 1. The fraction of sp³-hybridized carbons (Fsp3) is 0.400. The average Bonchev–Trinajstić information content (AvgIpc) is 2.98. The van der Waals surface area contributed by atoms with Crippen LogP contribution in [0.3, 0.4) is 0 Å². The molecule has 0 saturated heterocycles. The Kier molecular flexibility index (Phi) is 15.9. The summed E-state index contributed by atoms with van der Waals surface area (Å²) in [5.74, 6) is 2.36. The summed E-state index contributed by atoms with van der Waals surface area (Å²) in [4.78, 5) is 20.6. The van der Waals surface area contributed by atoms with Crippen molar-refractivity contribution in [3.63, 3.8) is 0 Å². The van der Waals surface area contributed by atoms with Gasteiger partial charge in [0.25, 0.3) is 0 Å². The highest BCUT2D eigenvalue weighted by molar-refractivity contribution is 5.97. The smallest absolute Gasteiger partial charge is 0.161 e. The highest BCUT2D eigenvalue weighted by Gasteiger charge is 2.07. The number of hydrogen-bond acceptors (Lipinski definition) is 5. The van der Waals surface area contributed by atoms with Crippen molar-refractivity contribution in [2.24, 2.45) is 11.7 Å². The summed E-state index contributed by atoms with van der Waals surface area (Å²) < 4.78 is 0. The van der Waals surface area contributed by atoms with E-state index in [1.807, 2.05) is 75.4 Å². The van der Waals surface area contributed by atoms with Gasteiger partial charge in [-0.3, -0.25) is 4.79 Å². The Morgan fingerprint density at radius 2 is 1.57 bits per heavy atom. The topological polar surface area (TPSA) is 80.9 Å². The fourth-order valence-electron chi connectivity index (χ4n) is 3.23. The van der Waals surface area contributed by atoms with Gasteiger partial charge >= 0.3 is 0 Å². The summed E-state index contributed by atoms with van der Waals surface area (Å²) in [5.41, 5.74) is 12.4. The molecule has 0 bridgehead atoms. The van der Waals surface area contributed by atoms with Crippen molar-refractivity contribution in [2.45, 2.75) is 88.0 Å². The number of carbonyl (C=O) groups is 1. The molecule has 0 radical (unpaired) electrons. The highest BCUT2D eigenvalue weighted by atomic mass is 16.1. The Labute approximate surface area is 243 Å². The first-order valence-corrected chi connectivity index (χ1v) is 14.5. The third-order valence-electron chi connectivity index (χ3n) is 6.87. The number of Topliss-reactive ketones (excluding diaryl/α,β-unsaturated/α-hetero) is 1. The minimum atomic E-state index is 0.0721. The van der Waals surface area contributed by atoms with Crippen LogP contribution >= 0.6 is 0 Å². The highest BCUT2D eigenvalue weighted by Crippen LogP contribution is 2.24. The molecule has 0 spiro atoms. The number of unbranched alkanes of at least 4 members (excludes halogenated alkanes) is 1. The first kappa shape index (κ1) is 34.3. The molecule has 216 valence electrons. The lowest BCUT2D eigenvalue weighted by molar-refractivity contribution is -0.113. The van der Waals surface area contributed by atoms with E-state index in [-0.39, 0.29) is 5.78 Å². The Morgan fingerprint density at radius 1 is 0.950 bits per heavy atom. The number of aromatic nitrogens is 2. The average molecular weight is 543 g/mol. The van der Waals surface area contributed by atoms with Gasteiger partial charge in [0.15, 0.2) is 11.6 Å². The molecule has 1 heterocycles. The second-order valence-corrected chi connectivity index (χ2v) is 10.2. The molecular formula is C35H50N4O. The Morgan fingerprint density at radius 3 is 2.05 bits per heavy atom. The van der Waals surface area contributed by atoms with Gasteiger partial charge in [-0.05, 0) is 98.0 Å². The van der Waals surface area contributed by atoms with Gasteiger partial charge in [-0.25, -0.2) is 9.97 Å². The second-order valence-electron chi connectivity index (χ2n) is 10.2. The first-order chi connectivity index (χ1) is 19.1. The maximum Gasteiger partial charge on any atom is 0.161 e. The van der Waals surface area contributed by atoms with Crippen LogP contribution in [0.4, 0.5) is 11.5 Å². The molecule has 3 N–H and O–H groups in total. The van der Waals surface area contributed by atoms with E-state index in [0.717, 1.165) is 45.0 Å². The molecule has 0 saturated carbocycles. The predicted molar refractivity (Wildman–Crippen MR) is 174 cm³/mol. The molecule has 0 fully saturated rings. The Bertz CT molecular complexity index is 1240. The van der Waals surface area contributed by atoms with Gasteiger partial charge in [-0.1, -0.05) is 84.6 Å². The molecule has 5 nitrogen and oxygen atoms in total. The van der Waals surface area contributed by atoms with Crippen molar-refractivity contribution in [2.75, 3.05) is 5.32 Å². The number of nitrogens with one attached hydrogen (secondary N) is 1. The van der Waals surface area contributed by atoms with Gasteiger partial charge in [-0.2, -0.15) is 0 Å². The van der Waals surface area contributed by atoms with Gasteiger partial charge in [0.05, 0.1) is 0 Å². The van der Waals surface area contributed by atoms with Crippen molar-refractivity contribution >= 4 is 28.9 Å².